The molecule has 1 aromatic rings. The molecule has 0 bridgehead atoms. The fraction of sp³-hybridized carbons (Fsp3) is 0.667. The van der Waals surface area contributed by atoms with Crippen LogP contribution in [-0.4, -0.2) is 47.2 Å². The molecule has 2 N–H and O–H groups in total. The molecule has 0 fully saturated rings. The minimum absolute atomic E-state index is 0.0541. The second kappa shape index (κ2) is 7.84. The highest BCUT2D eigenvalue weighted by Gasteiger charge is 2.05. The highest BCUT2D eigenvalue weighted by atomic mass is 16.1. The maximum Gasteiger partial charge on any atom is 0.254 e. The molecule has 0 aliphatic rings. The summed E-state index contributed by atoms with van der Waals surface area (Å²) in [6.45, 7) is 8.37. The molecule has 0 aliphatic carbocycles. The predicted octanol–water partition coefficient (Wildman–Crippen LogP) is 1.26. The first-order chi connectivity index (χ1) is 8.27. The summed E-state index contributed by atoms with van der Waals surface area (Å²) in [5.41, 5.74) is 0.591. The molecule has 0 spiro atoms. The van der Waals surface area contributed by atoms with E-state index < -0.39 is 0 Å². The van der Waals surface area contributed by atoms with E-state index in [1.54, 1.807) is 6.20 Å². The number of nitrogens with zero attached hydrogens (tertiary/aromatic N) is 2. The van der Waals surface area contributed by atoms with Crippen molar-refractivity contribution in [1.82, 2.24) is 20.4 Å². The maximum atomic E-state index is 11.5. The van der Waals surface area contributed by atoms with Crippen LogP contribution in [0.2, 0.25) is 0 Å². The Bertz CT molecular complexity index is 306. The smallest absolute Gasteiger partial charge is 0.254 e. The third kappa shape index (κ3) is 4.99. The Kier molecular flexibility index (Phi) is 6.32. The summed E-state index contributed by atoms with van der Waals surface area (Å²) >= 11 is 0. The molecular formula is C12H22N4O. The van der Waals surface area contributed by atoms with Crippen LogP contribution in [0.25, 0.3) is 0 Å². The molecule has 0 radical (unpaired) electrons. The number of rotatable bonds is 8. The van der Waals surface area contributed by atoms with Crippen LogP contribution in [0, 0.1) is 0 Å². The molecule has 0 aromatic carbocycles. The number of hydrogen-bond acceptors (Lipinski definition) is 3. The van der Waals surface area contributed by atoms with Gasteiger partial charge in [-0.1, -0.05) is 13.8 Å². The minimum Gasteiger partial charge on any atom is -0.352 e. The SMILES string of the molecule is CCN(CC)CCCCNC(=O)c1cn[nH]c1. The maximum absolute atomic E-state index is 11.5. The number of carbonyl (C=O) groups is 1. The van der Waals surface area contributed by atoms with Crippen molar-refractivity contribution in [2.45, 2.75) is 26.7 Å². The van der Waals surface area contributed by atoms with Crippen molar-refractivity contribution in [3.63, 3.8) is 0 Å². The third-order valence-corrected chi connectivity index (χ3v) is 2.84. The summed E-state index contributed by atoms with van der Waals surface area (Å²) in [6, 6.07) is 0. The number of aromatic amines is 1. The van der Waals surface area contributed by atoms with Crippen molar-refractivity contribution < 1.29 is 4.79 Å². The van der Waals surface area contributed by atoms with Crippen molar-refractivity contribution >= 4 is 5.91 Å². The molecule has 5 nitrogen and oxygen atoms in total. The Balaban J connectivity index is 2.06. The van der Waals surface area contributed by atoms with Crippen LogP contribution in [0.5, 0.6) is 0 Å². The zero-order valence-corrected chi connectivity index (χ0v) is 10.7. The quantitative estimate of drug-likeness (QED) is 0.670. The summed E-state index contributed by atoms with van der Waals surface area (Å²) in [6.07, 6.45) is 5.27. The van der Waals surface area contributed by atoms with Crippen molar-refractivity contribution in [3.05, 3.63) is 18.0 Å². The molecule has 1 amide bonds. The topological polar surface area (TPSA) is 61.0 Å². The van der Waals surface area contributed by atoms with Crippen LogP contribution in [0.15, 0.2) is 12.4 Å². The molecule has 1 heterocycles. The van der Waals surface area contributed by atoms with E-state index >= 15 is 0 Å². The lowest BCUT2D eigenvalue weighted by Gasteiger charge is -2.17. The molecule has 0 atom stereocenters. The lowest BCUT2D eigenvalue weighted by atomic mass is 10.2. The third-order valence-electron chi connectivity index (χ3n) is 2.84. The van der Waals surface area contributed by atoms with Crippen LogP contribution in [0.3, 0.4) is 0 Å². The summed E-state index contributed by atoms with van der Waals surface area (Å²) in [7, 11) is 0. The first kappa shape index (κ1) is 13.7. The van der Waals surface area contributed by atoms with Gasteiger partial charge in [-0.05, 0) is 32.5 Å². The van der Waals surface area contributed by atoms with Crippen LogP contribution >= 0.6 is 0 Å². The van der Waals surface area contributed by atoms with Gasteiger partial charge in [0.15, 0.2) is 0 Å². The van der Waals surface area contributed by atoms with Crippen molar-refractivity contribution in [3.8, 4) is 0 Å². The lowest BCUT2D eigenvalue weighted by molar-refractivity contribution is 0.0952. The number of unbranched alkanes of at least 4 members (excludes halogenated alkanes) is 1. The van der Waals surface area contributed by atoms with Gasteiger partial charge in [0.2, 0.25) is 0 Å². The number of carbonyl (C=O) groups excluding carboxylic acids is 1. The van der Waals surface area contributed by atoms with E-state index in [9.17, 15) is 4.79 Å². The molecule has 1 aromatic heterocycles. The molecule has 17 heavy (non-hydrogen) atoms. The fourth-order valence-corrected chi connectivity index (χ4v) is 1.68. The molecule has 96 valence electrons. The van der Waals surface area contributed by atoms with Crippen LogP contribution in [-0.2, 0) is 0 Å². The van der Waals surface area contributed by atoms with Crippen molar-refractivity contribution in [2.75, 3.05) is 26.2 Å². The molecule has 5 heteroatoms. The summed E-state index contributed by atoms with van der Waals surface area (Å²) < 4.78 is 0. The van der Waals surface area contributed by atoms with Crippen molar-refractivity contribution in [1.29, 1.82) is 0 Å². The summed E-state index contributed by atoms with van der Waals surface area (Å²) in [5.74, 6) is -0.0541. The van der Waals surface area contributed by atoms with E-state index in [4.69, 9.17) is 0 Å². The highest BCUT2D eigenvalue weighted by molar-refractivity contribution is 5.93. The zero-order chi connectivity index (χ0) is 12.5. The zero-order valence-electron chi connectivity index (χ0n) is 10.7. The van der Waals surface area contributed by atoms with E-state index in [1.165, 1.54) is 6.20 Å². The van der Waals surface area contributed by atoms with Gasteiger partial charge >= 0.3 is 0 Å². The molecule has 1 rings (SSSR count). The van der Waals surface area contributed by atoms with Gasteiger partial charge in [-0.25, -0.2) is 0 Å². The largest absolute Gasteiger partial charge is 0.352 e. The van der Waals surface area contributed by atoms with E-state index in [2.05, 4.69) is 34.3 Å². The summed E-state index contributed by atoms with van der Waals surface area (Å²) in [5, 5.41) is 9.24. The van der Waals surface area contributed by atoms with E-state index in [1.807, 2.05) is 0 Å². The Hall–Kier alpha value is -1.36. The van der Waals surface area contributed by atoms with Gasteiger partial charge in [0.1, 0.15) is 0 Å². The number of H-pyrrole nitrogens is 1. The van der Waals surface area contributed by atoms with Gasteiger partial charge < -0.3 is 10.2 Å². The summed E-state index contributed by atoms with van der Waals surface area (Å²) in [4.78, 5) is 13.9. The normalized spacial score (nSPS) is 10.8. The minimum atomic E-state index is -0.0541. The van der Waals surface area contributed by atoms with Gasteiger partial charge in [-0.15, -0.1) is 0 Å². The van der Waals surface area contributed by atoms with Crippen LogP contribution in [0.4, 0.5) is 0 Å². The number of aromatic nitrogens is 2. The van der Waals surface area contributed by atoms with Crippen LogP contribution in [0.1, 0.15) is 37.0 Å². The van der Waals surface area contributed by atoms with Crippen molar-refractivity contribution in [2.24, 2.45) is 0 Å². The Morgan fingerprint density at radius 1 is 1.41 bits per heavy atom. The van der Waals surface area contributed by atoms with Gasteiger partial charge in [-0.3, -0.25) is 9.89 Å². The number of hydrogen-bond donors (Lipinski definition) is 2. The van der Waals surface area contributed by atoms with Gasteiger partial charge in [0, 0.05) is 12.7 Å². The average Bonchev–Trinajstić information content (AvgIpc) is 2.87. The Morgan fingerprint density at radius 3 is 2.76 bits per heavy atom. The predicted molar refractivity (Wildman–Crippen MR) is 67.9 cm³/mol. The van der Waals surface area contributed by atoms with E-state index in [-0.39, 0.29) is 5.91 Å². The molecule has 0 unspecified atom stereocenters. The number of nitrogens with one attached hydrogen (secondary N) is 2. The Labute approximate surface area is 103 Å². The molecule has 0 saturated heterocycles. The van der Waals surface area contributed by atoms with E-state index in [0.29, 0.717) is 5.56 Å². The molecule has 0 aliphatic heterocycles. The molecular weight excluding hydrogens is 216 g/mol. The molecule has 0 saturated carbocycles. The van der Waals surface area contributed by atoms with Gasteiger partial charge in [-0.2, -0.15) is 5.10 Å². The fourth-order valence-electron chi connectivity index (χ4n) is 1.68. The van der Waals surface area contributed by atoms with E-state index in [0.717, 1.165) is 39.0 Å². The number of amides is 1. The van der Waals surface area contributed by atoms with Gasteiger partial charge in [0.05, 0.1) is 11.8 Å². The van der Waals surface area contributed by atoms with Gasteiger partial charge in [0.25, 0.3) is 5.91 Å². The lowest BCUT2D eigenvalue weighted by Crippen LogP contribution is -2.27. The highest BCUT2D eigenvalue weighted by Crippen LogP contribution is 1.96. The monoisotopic (exact) mass is 238 g/mol. The first-order valence-electron chi connectivity index (χ1n) is 6.27. The second-order valence-electron chi connectivity index (χ2n) is 3.98. The average molecular weight is 238 g/mol. The Morgan fingerprint density at radius 2 is 2.18 bits per heavy atom. The second-order valence-corrected chi connectivity index (χ2v) is 3.98. The first-order valence-corrected chi connectivity index (χ1v) is 6.27. The van der Waals surface area contributed by atoms with Crippen LogP contribution < -0.4 is 5.32 Å². The standard InChI is InChI=1S/C12H22N4O/c1-3-16(4-2)8-6-5-7-13-12(17)11-9-14-15-10-11/h9-10H,3-8H2,1-2H3,(H,13,17)(H,14,15).